The maximum absolute atomic E-state index is 10.8. The summed E-state index contributed by atoms with van der Waals surface area (Å²) in [6.07, 6.45) is 1.11. The first-order chi connectivity index (χ1) is 8.20. The van der Waals surface area contributed by atoms with Gasteiger partial charge in [0.2, 0.25) is 0 Å². The quantitative estimate of drug-likeness (QED) is 0.833. The van der Waals surface area contributed by atoms with E-state index < -0.39 is 5.97 Å². The van der Waals surface area contributed by atoms with Crippen molar-refractivity contribution >= 4 is 11.7 Å². The number of hydrogen-bond donors (Lipinski definition) is 2. The molecular formula is C13H18N2O2. The molecule has 0 spiro atoms. The summed E-state index contributed by atoms with van der Waals surface area (Å²) in [6.45, 7) is 5.12. The summed E-state index contributed by atoms with van der Waals surface area (Å²) in [4.78, 5) is 13.1. The molecule has 17 heavy (non-hydrogen) atoms. The number of anilines is 1. The van der Waals surface area contributed by atoms with Crippen molar-refractivity contribution in [3.8, 4) is 0 Å². The number of carboxylic acid groups (broad SMARTS) is 1. The first-order valence-electron chi connectivity index (χ1n) is 6.02. The molecule has 2 rings (SSSR count). The normalized spacial score (nSPS) is 20.3. The molecule has 0 saturated carbocycles. The van der Waals surface area contributed by atoms with Crippen molar-refractivity contribution in [2.75, 3.05) is 24.5 Å². The van der Waals surface area contributed by atoms with Crippen LogP contribution in [0.2, 0.25) is 0 Å². The molecule has 1 heterocycles. The van der Waals surface area contributed by atoms with Crippen LogP contribution in [0.4, 0.5) is 5.69 Å². The molecule has 1 aromatic carbocycles. The third-order valence-corrected chi connectivity index (χ3v) is 3.23. The van der Waals surface area contributed by atoms with Gasteiger partial charge in [-0.25, -0.2) is 4.79 Å². The van der Waals surface area contributed by atoms with Crippen LogP contribution in [-0.2, 0) is 0 Å². The van der Waals surface area contributed by atoms with Crippen LogP contribution in [0.25, 0.3) is 0 Å². The van der Waals surface area contributed by atoms with Crippen molar-refractivity contribution in [3.63, 3.8) is 0 Å². The molecule has 0 aliphatic carbocycles. The lowest BCUT2D eigenvalue weighted by atomic mass is 10.1. The van der Waals surface area contributed by atoms with E-state index >= 15 is 0 Å². The molecule has 2 N–H and O–H groups in total. The molecule has 1 fully saturated rings. The number of hydrogen-bond acceptors (Lipinski definition) is 3. The number of nitrogens with zero attached hydrogens (tertiary/aromatic N) is 1. The molecule has 0 radical (unpaired) electrons. The molecular weight excluding hydrogens is 216 g/mol. The minimum Gasteiger partial charge on any atom is -0.478 e. The highest BCUT2D eigenvalue weighted by Gasteiger charge is 2.17. The molecule has 4 nitrogen and oxygen atoms in total. The average molecular weight is 234 g/mol. The summed E-state index contributed by atoms with van der Waals surface area (Å²) < 4.78 is 0. The van der Waals surface area contributed by atoms with Crippen LogP contribution in [0, 0.1) is 0 Å². The standard InChI is InChI=1S/C13H18N2O2/c1-2-11-9-15(8-7-14-11)12-5-3-10(4-6-12)13(16)17/h3-6,11,14H,2,7-9H2,1H3,(H,16,17)/t11-/m1/s1. The molecule has 0 unspecified atom stereocenters. The Bertz CT molecular complexity index is 389. The maximum atomic E-state index is 10.8. The SMILES string of the molecule is CC[C@@H]1CN(c2ccc(C(=O)O)cc2)CCN1. The van der Waals surface area contributed by atoms with E-state index in [2.05, 4.69) is 17.1 Å². The van der Waals surface area contributed by atoms with Gasteiger partial charge in [-0.05, 0) is 30.7 Å². The predicted molar refractivity (Wildman–Crippen MR) is 67.7 cm³/mol. The van der Waals surface area contributed by atoms with Gasteiger partial charge in [0.05, 0.1) is 5.56 Å². The van der Waals surface area contributed by atoms with Gasteiger partial charge in [-0.2, -0.15) is 0 Å². The second-order valence-electron chi connectivity index (χ2n) is 4.36. The lowest BCUT2D eigenvalue weighted by molar-refractivity contribution is 0.0697. The van der Waals surface area contributed by atoms with Crippen molar-refractivity contribution < 1.29 is 9.90 Å². The van der Waals surface area contributed by atoms with Crippen LogP contribution in [0.3, 0.4) is 0 Å². The number of carbonyl (C=O) groups is 1. The van der Waals surface area contributed by atoms with E-state index in [1.54, 1.807) is 12.1 Å². The van der Waals surface area contributed by atoms with Gasteiger partial charge in [0.1, 0.15) is 0 Å². The summed E-state index contributed by atoms with van der Waals surface area (Å²) in [6, 6.07) is 7.65. The van der Waals surface area contributed by atoms with E-state index in [4.69, 9.17) is 5.11 Å². The molecule has 1 aromatic rings. The van der Waals surface area contributed by atoms with E-state index in [-0.39, 0.29) is 0 Å². The van der Waals surface area contributed by atoms with E-state index in [0.29, 0.717) is 11.6 Å². The minimum atomic E-state index is -0.872. The van der Waals surface area contributed by atoms with Crippen LogP contribution in [0.5, 0.6) is 0 Å². The Morgan fingerprint density at radius 2 is 2.18 bits per heavy atom. The average Bonchev–Trinajstić information content (AvgIpc) is 2.39. The molecule has 1 atom stereocenters. The third-order valence-electron chi connectivity index (χ3n) is 3.23. The Morgan fingerprint density at radius 1 is 1.47 bits per heavy atom. The monoisotopic (exact) mass is 234 g/mol. The topological polar surface area (TPSA) is 52.6 Å². The van der Waals surface area contributed by atoms with Crippen molar-refractivity contribution in [2.24, 2.45) is 0 Å². The van der Waals surface area contributed by atoms with Gasteiger partial charge < -0.3 is 15.3 Å². The zero-order chi connectivity index (χ0) is 12.3. The Morgan fingerprint density at radius 3 is 2.76 bits per heavy atom. The minimum absolute atomic E-state index is 0.343. The van der Waals surface area contributed by atoms with E-state index in [1.165, 1.54) is 0 Å². The Kier molecular flexibility index (Phi) is 3.64. The van der Waals surface area contributed by atoms with Gasteiger partial charge in [-0.3, -0.25) is 0 Å². The zero-order valence-electron chi connectivity index (χ0n) is 10.0. The Labute approximate surface area is 101 Å². The van der Waals surface area contributed by atoms with Crippen molar-refractivity contribution in [1.29, 1.82) is 0 Å². The lowest BCUT2D eigenvalue weighted by Gasteiger charge is -2.35. The fourth-order valence-electron chi connectivity index (χ4n) is 2.15. The van der Waals surface area contributed by atoms with Crippen LogP contribution in [-0.4, -0.2) is 36.8 Å². The van der Waals surface area contributed by atoms with Gasteiger partial charge >= 0.3 is 5.97 Å². The number of piperazine rings is 1. The molecule has 1 aliphatic heterocycles. The van der Waals surface area contributed by atoms with Crippen molar-refractivity contribution in [2.45, 2.75) is 19.4 Å². The highest BCUT2D eigenvalue weighted by atomic mass is 16.4. The first-order valence-corrected chi connectivity index (χ1v) is 6.02. The molecule has 1 aliphatic rings. The van der Waals surface area contributed by atoms with Gasteiger partial charge in [0.25, 0.3) is 0 Å². The third kappa shape index (κ3) is 2.77. The zero-order valence-corrected chi connectivity index (χ0v) is 10.0. The molecule has 4 heteroatoms. The second-order valence-corrected chi connectivity index (χ2v) is 4.36. The lowest BCUT2D eigenvalue weighted by Crippen LogP contribution is -2.50. The predicted octanol–water partition coefficient (Wildman–Crippen LogP) is 1.57. The van der Waals surface area contributed by atoms with E-state index in [9.17, 15) is 4.79 Å². The van der Waals surface area contributed by atoms with Gasteiger partial charge in [0.15, 0.2) is 0 Å². The summed E-state index contributed by atoms with van der Waals surface area (Å²) in [5.41, 5.74) is 1.45. The highest BCUT2D eigenvalue weighted by molar-refractivity contribution is 5.88. The fraction of sp³-hybridized carbons (Fsp3) is 0.462. The summed E-state index contributed by atoms with van der Waals surface area (Å²) >= 11 is 0. The van der Waals surface area contributed by atoms with Crippen LogP contribution in [0.1, 0.15) is 23.7 Å². The van der Waals surface area contributed by atoms with Crippen LogP contribution < -0.4 is 10.2 Å². The molecule has 1 saturated heterocycles. The maximum Gasteiger partial charge on any atom is 0.335 e. The summed E-state index contributed by atoms with van der Waals surface area (Å²) in [5, 5.41) is 12.3. The number of rotatable bonds is 3. The van der Waals surface area contributed by atoms with Crippen LogP contribution in [0.15, 0.2) is 24.3 Å². The summed E-state index contributed by atoms with van der Waals surface area (Å²) in [5.74, 6) is -0.872. The molecule has 92 valence electrons. The first kappa shape index (κ1) is 11.9. The number of carboxylic acids is 1. The second kappa shape index (κ2) is 5.19. The van der Waals surface area contributed by atoms with E-state index in [1.807, 2.05) is 12.1 Å². The van der Waals surface area contributed by atoms with Gasteiger partial charge in [-0.15, -0.1) is 0 Å². The van der Waals surface area contributed by atoms with Crippen LogP contribution >= 0.6 is 0 Å². The molecule has 0 amide bonds. The Hall–Kier alpha value is -1.55. The highest BCUT2D eigenvalue weighted by Crippen LogP contribution is 2.17. The van der Waals surface area contributed by atoms with E-state index in [0.717, 1.165) is 31.7 Å². The smallest absolute Gasteiger partial charge is 0.335 e. The fourth-order valence-corrected chi connectivity index (χ4v) is 2.15. The number of benzene rings is 1. The van der Waals surface area contributed by atoms with Crippen molar-refractivity contribution in [1.82, 2.24) is 5.32 Å². The van der Waals surface area contributed by atoms with Gasteiger partial charge in [-0.1, -0.05) is 6.92 Å². The molecule has 0 bridgehead atoms. The number of nitrogens with one attached hydrogen (secondary N) is 1. The largest absolute Gasteiger partial charge is 0.478 e. The van der Waals surface area contributed by atoms with Crippen molar-refractivity contribution in [3.05, 3.63) is 29.8 Å². The Balaban J connectivity index is 2.08. The summed E-state index contributed by atoms with van der Waals surface area (Å²) in [7, 11) is 0. The number of aromatic carboxylic acids is 1. The molecule has 0 aromatic heterocycles. The van der Waals surface area contributed by atoms with Gasteiger partial charge in [0, 0.05) is 31.4 Å².